The third kappa shape index (κ3) is 3.51. The first-order valence-corrected chi connectivity index (χ1v) is 7.20. The molecule has 20 heavy (non-hydrogen) atoms. The highest BCUT2D eigenvalue weighted by molar-refractivity contribution is 5.94. The van der Waals surface area contributed by atoms with Crippen LogP contribution in [0.15, 0.2) is 24.3 Å². The van der Waals surface area contributed by atoms with Crippen molar-refractivity contribution in [3.05, 3.63) is 29.8 Å². The van der Waals surface area contributed by atoms with Crippen molar-refractivity contribution < 1.29 is 9.90 Å². The third-order valence-electron chi connectivity index (χ3n) is 3.70. The average Bonchev–Trinajstić information content (AvgIpc) is 2.78. The summed E-state index contributed by atoms with van der Waals surface area (Å²) < 4.78 is 0. The highest BCUT2D eigenvalue weighted by atomic mass is 16.3. The number of nitrogens with zero attached hydrogens (tertiary/aromatic N) is 1. The van der Waals surface area contributed by atoms with Crippen LogP contribution >= 0.6 is 0 Å². The summed E-state index contributed by atoms with van der Waals surface area (Å²) in [5.74, 6) is 0. The molecular formula is C16H24N2O2. The van der Waals surface area contributed by atoms with E-state index < -0.39 is 0 Å². The Morgan fingerprint density at radius 1 is 1.45 bits per heavy atom. The molecule has 0 fully saturated rings. The molecule has 1 aromatic rings. The molecule has 1 heterocycles. The van der Waals surface area contributed by atoms with Gasteiger partial charge in [-0.25, -0.2) is 4.79 Å². The van der Waals surface area contributed by atoms with Gasteiger partial charge in [-0.05, 0) is 36.8 Å². The zero-order valence-electron chi connectivity index (χ0n) is 12.5. The van der Waals surface area contributed by atoms with Crippen LogP contribution in [-0.4, -0.2) is 30.3 Å². The predicted molar refractivity (Wildman–Crippen MR) is 81.0 cm³/mol. The van der Waals surface area contributed by atoms with Crippen molar-refractivity contribution in [3.8, 4) is 0 Å². The smallest absolute Gasteiger partial charge is 0.321 e. The lowest BCUT2D eigenvalue weighted by molar-refractivity contribution is 0.129. The first-order chi connectivity index (χ1) is 9.39. The van der Waals surface area contributed by atoms with Crippen LogP contribution in [0.25, 0.3) is 0 Å². The summed E-state index contributed by atoms with van der Waals surface area (Å²) in [7, 11) is 0. The highest BCUT2D eigenvalue weighted by Gasteiger charge is 2.26. The molecule has 4 heteroatoms. The lowest BCUT2D eigenvalue weighted by atomic mass is 9.87. The third-order valence-corrected chi connectivity index (χ3v) is 3.70. The number of carbonyl (C=O) groups excluding carboxylic acids is 1. The Morgan fingerprint density at radius 3 is 2.85 bits per heavy atom. The lowest BCUT2D eigenvalue weighted by Crippen LogP contribution is -2.43. The topological polar surface area (TPSA) is 52.6 Å². The predicted octanol–water partition coefficient (Wildman–Crippen LogP) is 2.56. The molecule has 1 aliphatic heterocycles. The molecular weight excluding hydrogens is 252 g/mol. The second-order valence-electron chi connectivity index (χ2n) is 6.41. The summed E-state index contributed by atoms with van der Waals surface area (Å²) in [5.41, 5.74) is 2.13. The summed E-state index contributed by atoms with van der Waals surface area (Å²) in [6.07, 6.45) is 1.24. The van der Waals surface area contributed by atoms with Crippen LogP contribution in [0.2, 0.25) is 0 Å². The van der Waals surface area contributed by atoms with Crippen LogP contribution in [0, 0.1) is 5.41 Å². The zero-order valence-corrected chi connectivity index (χ0v) is 12.5. The number of hydrogen-bond acceptors (Lipinski definition) is 2. The zero-order chi connectivity index (χ0) is 14.8. The molecule has 0 radical (unpaired) electrons. The fourth-order valence-corrected chi connectivity index (χ4v) is 2.83. The van der Waals surface area contributed by atoms with E-state index in [1.165, 1.54) is 5.56 Å². The first-order valence-electron chi connectivity index (χ1n) is 7.20. The van der Waals surface area contributed by atoms with Crippen molar-refractivity contribution in [1.29, 1.82) is 0 Å². The summed E-state index contributed by atoms with van der Waals surface area (Å²) in [6.45, 7) is 7.19. The minimum Gasteiger partial charge on any atom is -0.393 e. The van der Waals surface area contributed by atoms with Gasteiger partial charge in [0.2, 0.25) is 0 Å². The molecule has 2 N–H and O–H groups in total. The van der Waals surface area contributed by atoms with E-state index in [4.69, 9.17) is 0 Å². The van der Waals surface area contributed by atoms with Gasteiger partial charge in [-0.2, -0.15) is 0 Å². The van der Waals surface area contributed by atoms with Crippen molar-refractivity contribution >= 4 is 11.7 Å². The van der Waals surface area contributed by atoms with Crippen molar-refractivity contribution in [2.45, 2.75) is 39.7 Å². The Labute approximate surface area is 120 Å². The lowest BCUT2D eigenvalue weighted by Gasteiger charge is -2.28. The van der Waals surface area contributed by atoms with E-state index in [2.05, 4.69) is 25.2 Å². The van der Waals surface area contributed by atoms with Crippen LogP contribution in [0.5, 0.6) is 0 Å². The van der Waals surface area contributed by atoms with E-state index in [0.29, 0.717) is 13.0 Å². The van der Waals surface area contributed by atoms with Gasteiger partial charge in [0, 0.05) is 18.8 Å². The van der Waals surface area contributed by atoms with Gasteiger partial charge in [-0.3, -0.25) is 4.90 Å². The van der Waals surface area contributed by atoms with E-state index in [9.17, 15) is 9.90 Å². The maximum atomic E-state index is 12.3. The van der Waals surface area contributed by atoms with Gasteiger partial charge in [-0.15, -0.1) is 0 Å². The number of fused-ring (bicyclic) bond motifs is 1. The summed E-state index contributed by atoms with van der Waals surface area (Å²) >= 11 is 0. The minimum absolute atomic E-state index is 0.0476. The SMILES string of the molecule is CC(O)CC(C)(C)CNC(=O)N1CCc2ccccc21. The van der Waals surface area contributed by atoms with Crippen molar-refractivity contribution in [2.75, 3.05) is 18.0 Å². The van der Waals surface area contributed by atoms with E-state index in [1.54, 1.807) is 11.8 Å². The molecule has 4 nitrogen and oxygen atoms in total. The van der Waals surface area contributed by atoms with E-state index >= 15 is 0 Å². The number of aliphatic hydroxyl groups excluding tert-OH is 1. The van der Waals surface area contributed by atoms with E-state index in [1.807, 2.05) is 18.2 Å². The number of anilines is 1. The van der Waals surface area contributed by atoms with Gasteiger partial charge in [0.15, 0.2) is 0 Å². The molecule has 0 saturated heterocycles. The Kier molecular flexibility index (Phi) is 4.33. The molecule has 110 valence electrons. The van der Waals surface area contributed by atoms with E-state index in [-0.39, 0.29) is 17.6 Å². The Bertz CT molecular complexity index is 483. The number of rotatable bonds is 4. The van der Waals surface area contributed by atoms with Gasteiger partial charge in [-0.1, -0.05) is 32.0 Å². The molecule has 0 saturated carbocycles. The standard InChI is InChI=1S/C16H24N2O2/c1-12(19)10-16(2,3)11-17-15(20)18-9-8-13-6-4-5-7-14(13)18/h4-7,12,19H,8-11H2,1-3H3,(H,17,20). The summed E-state index contributed by atoms with van der Waals surface area (Å²) in [5, 5.41) is 12.5. The largest absolute Gasteiger partial charge is 0.393 e. The number of aliphatic hydroxyl groups is 1. The quantitative estimate of drug-likeness (QED) is 0.888. The molecule has 0 spiro atoms. The molecule has 1 unspecified atom stereocenters. The Morgan fingerprint density at radius 2 is 2.15 bits per heavy atom. The fraction of sp³-hybridized carbons (Fsp3) is 0.562. The molecule has 1 atom stereocenters. The van der Waals surface area contributed by atoms with E-state index in [0.717, 1.165) is 18.7 Å². The fourth-order valence-electron chi connectivity index (χ4n) is 2.83. The van der Waals surface area contributed by atoms with Crippen LogP contribution in [0.1, 0.15) is 32.8 Å². The summed E-state index contributed by atoms with van der Waals surface area (Å²) in [4.78, 5) is 14.1. The maximum Gasteiger partial charge on any atom is 0.321 e. The number of carbonyl (C=O) groups is 1. The number of hydrogen-bond donors (Lipinski definition) is 2. The van der Waals surface area contributed by atoms with Gasteiger partial charge in [0.25, 0.3) is 0 Å². The van der Waals surface area contributed by atoms with Crippen LogP contribution in [0.4, 0.5) is 10.5 Å². The number of nitrogens with one attached hydrogen (secondary N) is 1. The van der Waals surface area contributed by atoms with Gasteiger partial charge in [0.05, 0.1) is 6.10 Å². The van der Waals surface area contributed by atoms with Crippen LogP contribution < -0.4 is 10.2 Å². The van der Waals surface area contributed by atoms with Crippen molar-refractivity contribution in [3.63, 3.8) is 0 Å². The summed E-state index contributed by atoms with van der Waals surface area (Å²) in [6, 6.07) is 7.98. The molecule has 0 aliphatic carbocycles. The van der Waals surface area contributed by atoms with Gasteiger partial charge >= 0.3 is 6.03 Å². The van der Waals surface area contributed by atoms with Gasteiger partial charge < -0.3 is 10.4 Å². The highest BCUT2D eigenvalue weighted by Crippen LogP contribution is 2.27. The minimum atomic E-state index is -0.352. The van der Waals surface area contributed by atoms with Crippen molar-refractivity contribution in [1.82, 2.24) is 5.32 Å². The molecule has 0 bridgehead atoms. The molecule has 1 aromatic carbocycles. The van der Waals surface area contributed by atoms with Gasteiger partial charge in [0.1, 0.15) is 0 Å². The number of urea groups is 1. The van der Waals surface area contributed by atoms with Crippen molar-refractivity contribution in [2.24, 2.45) is 5.41 Å². The molecule has 0 aromatic heterocycles. The van der Waals surface area contributed by atoms with Crippen LogP contribution in [0.3, 0.4) is 0 Å². The van der Waals surface area contributed by atoms with Crippen LogP contribution in [-0.2, 0) is 6.42 Å². The normalized spacial score (nSPS) is 15.9. The molecule has 1 aliphatic rings. The maximum absolute atomic E-state index is 12.3. The number of para-hydroxylation sites is 1. The Hall–Kier alpha value is -1.55. The second kappa shape index (κ2) is 5.83. The first kappa shape index (κ1) is 14.9. The molecule has 2 amide bonds. The number of benzene rings is 1. The monoisotopic (exact) mass is 276 g/mol. The molecule has 2 rings (SSSR count). The Balaban J connectivity index is 1.94. The second-order valence-corrected chi connectivity index (χ2v) is 6.41. The average molecular weight is 276 g/mol. The number of amides is 2.